The van der Waals surface area contributed by atoms with Crippen molar-refractivity contribution in [3.63, 3.8) is 0 Å². The molecule has 0 aromatic heterocycles. The molecule has 0 fully saturated rings. The largest absolute Gasteiger partial charge is 0.456 e. The zero-order chi connectivity index (χ0) is 16.4. The lowest BCUT2D eigenvalue weighted by molar-refractivity contribution is -0.286. The average molecular weight is 318 g/mol. The van der Waals surface area contributed by atoms with Crippen LogP contribution >= 0.6 is 0 Å². The smallest absolute Gasteiger partial charge is 0.394 e. The van der Waals surface area contributed by atoms with Crippen molar-refractivity contribution in [1.82, 2.24) is 0 Å². The Morgan fingerprint density at radius 1 is 0.850 bits per heavy atom. The van der Waals surface area contributed by atoms with Gasteiger partial charge in [0, 0.05) is 0 Å². The van der Waals surface area contributed by atoms with Gasteiger partial charge in [0.1, 0.15) is 12.2 Å². The van der Waals surface area contributed by atoms with Crippen LogP contribution in [0, 0.1) is 0 Å². The monoisotopic (exact) mass is 318 g/mol. The Morgan fingerprint density at radius 3 is 1.35 bits per heavy atom. The SMILES string of the molecule is FCC(F)(F)C(F)(F)F.OCC(O)COCC(O)CO. The van der Waals surface area contributed by atoms with Gasteiger partial charge in [-0.05, 0) is 0 Å². The highest BCUT2D eigenvalue weighted by molar-refractivity contribution is 4.73. The van der Waals surface area contributed by atoms with Crippen molar-refractivity contribution in [2.45, 2.75) is 24.3 Å². The first kappa shape index (κ1) is 21.7. The number of rotatable bonds is 7. The zero-order valence-corrected chi connectivity index (χ0v) is 10.2. The van der Waals surface area contributed by atoms with Crippen LogP contribution in [0.4, 0.5) is 26.3 Å². The third kappa shape index (κ3) is 10.2. The highest BCUT2D eigenvalue weighted by atomic mass is 19.4. The lowest BCUT2D eigenvalue weighted by atomic mass is 10.4. The number of aliphatic hydroxyl groups is 4. The summed E-state index contributed by atoms with van der Waals surface area (Å²) in [7, 11) is 0. The van der Waals surface area contributed by atoms with Crippen molar-refractivity contribution in [3.05, 3.63) is 0 Å². The third-order valence-corrected chi connectivity index (χ3v) is 1.62. The number of hydrogen-bond acceptors (Lipinski definition) is 5. The van der Waals surface area contributed by atoms with E-state index < -0.39 is 31.0 Å². The maximum atomic E-state index is 11.2. The topological polar surface area (TPSA) is 90.2 Å². The Bertz CT molecular complexity index is 227. The van der Waals surface area contributed by atoms with E-state index in [0.717, 1.165) is 0 Å². The molecule has 0 rings (SSSR count). The van der Waals surface area contributed by atoms with E-state index in [1.54, 1.807) is 0 Å². The summed E-state index contributed by atoms with van der Waals surface area (Å²) in [5.74, 6) is -5.19. The molecule has 0 aromatic carbocycles. The molecule has 0 aliphatic heterocycles. The molecule has 0 spiro atoms. The molecular formula is C9H16F6O5. The summed E-state index contributed by atoms with van der Waals surface area (Å²) in [5, 5.41) is 34.1. The fourth-order valence-corrected chi connectivity index (χ4v) is 0.521. The first-order valence-electron chi connectivity index (χ1n) is 5.17. The molecule has 0 saturated carbocycles. The summed E-state index contributed by atoms with van der Waals surface area (Å²) in [5.41, 5.74) is 0. The van der Waals surface area contributed by atoms with E-state index in [4.69, 9.17) is 25.2 Å². The minimum atomic E-state index is -5.76. The minimum absolute atomic E-state index is 0.0342. The van der Waals surface area contributed by atoms with Crippen LogP contribution in [0.25, 0.3) is 0 Å². The second kappa shape index (κ2) is 10.2. The molecule has 0 aliphatic carbocycles. The molecule has 11 heteroatoms. The van der Waals surface area contributed by atoms with E-state index in [-0.39, 0.29) is 26.4 Å². The maximum Gasteiger partial charge on any atom is 0.456 e. The lowest BCUT2D eigenvalue weighted by Gasteiger charge is -2.14. The molecule has 124 valence electrons. The molecule has 0 radical (unpaired) electrons. The summed E-state index contributed by atoms with van der Waals surface area (Å²) in [6.45, 7) is -3.50. The maximum absolute atomic E-state index is 11.2. The molecule has 0 heterocycles. The van der Waals surface area contributed by atoms with Crippen molar-refractivity contribution >= 4 is 0 Å². The average Bonchev–Trinajstić information content (AvgIpc) is 2.37. The van der Waals surface area contributed by atoms with E-state index in [0.29, 0.717) is 0 Å². The van der Waals surface area contributed by atoms with Crippen LogP contribution in [0.3, 0.4) is 0 Å². The van der Waals surface area contributed by atoms with Crippen molar-refractivity contribution in [2.24, 2.45) is 0 Å². The third-order valence-electron chi connectivity index (χ3n) is 1.62. The van der Waals surface area contributed by atoms with E-state index >= 15 is 0 Å². The van der Waals surface area contributed by atoms with Gasteiger partial charge in [-0.2, -0.15) is 22.0 Å². The van der Waals surface area contributed by atoms with Gasteiger partial charge in [-0.15, -0.1) is 0 Å². The van der Waals surface area contributed by atoms with Crippen molar-refractivity contribution in [3.8, 4) is 0 Å². The van der Waals surface area contributed by atoms with Gasteiger partial charge in [0.25, 0.3) is 0 Å². The molecule has 2 unspecified atom stereocenters. The first-order chi connectivity index (χ1) is 9.01. The van der Waals surface area contributed by atoms with Crippen LogP contribution in [-0.2, 0) is 4.74 Å². The van der Waals surface area contributed by atoms with Gasteiger partial charge in [-0.25, -0.2) is 4.39 Å². The highest BCUT2D eigenvalue weighted by Crippen LogP contribution is 2.35. The van der Waals surface area contributed by atoms with Gasteiger partial charge in [-0.1, -0.05) is 0 Å². The number of halogens is 6. The van der Waals surface area contributed by atoms with E-state index in [1.165, 1.54) is 0 Å². The summed E-state index contributed by atoms with van der Waals surface area (Å²) in [6, 6.07) is 0. The summed E-state index contributed by atoms with van der Waals surface area (Å²) in [4.78, 5) is 0. The number of hydrogen-bond donors (Lipinski definition) is 4. The van der Waals surface area contributed by atoms with Crippen LogP contribution in [0.15, 0.2) is 0 Å². The van der Waals surface area contributed by atoms with Gasteiger partial charge >= 0.3 is 12.1 Å². The summed E-state index contributed by atoms with van der Waals surface area (Å²) in [6.07, 6.45) is -7.59. The van der Waals surface area contributed by atoms with Crippen molar-refractivity contribution < 1.29 is 51.5 Å². The van der Waals surface area contributed by atoms with Gasteiger partial charge in [0.2, 0.25) is 0 Å². The summed E-state index contributed by atoms with van der Waals surface area (Å²) >= 11 is 0. The highest BCUT2D eigenvalue weighted by Gasteiger charge is 2.57. The zero-order valence-electron chi connectivity index (χ0n) is 10.2. The quantitative estimate of drug-likeness (QED) is 0.491. The first-order valence-corrected chi connectivity index (χ1v) is 5.17. The predicted molar refractivity (Wildman–Crippen MR) is 54.0 cm³/mol. The number of ether oxygens (including phenoxy) is 1. The molecular weight excluding hydrogens is 302 g/mol. The van der Waals surface area contributed by atoms with Crippen LogP contribution < -0.4 is 0 Å². The van der Waals surface area contributed by atoms with Crippen molar-refractivity contribution in [2.75, 3.05) is 33.1 Å². The molecule has 0 aromatic rings. The van der Waals surface area contributed by atoms with Gasteiger partial charge < -0.3 is 25.2 Å². The van der Waals surface area contributed by atoms with E-state index in [1.807, 2.05) is 0 Å². The molecule has 5 nitrogen and oxygen atoms in total. The molecule has 20 heavy (non-hydrogen) atoms. The Balaban J connectivity index is 0. The fourth-order valence-electron chi connectivity index (χ4n) is 0.521. The predicted octanol–water partition coefficient (Wildman–Crippen LogP) is -0.137. The number of aliphatic hydroxyl groups excluding tert-OH is 4. The molecule has 0 saturated heterocycles. The lowest BCUT2D eigenvalue weighted by Crippen LogP contribution is -2.38. The molecule has 2 atom stereocenters. The van der Waals surface area contributed by atoms with Crippen LogP contribution in [0.5, 0.6) is 0 Å². The molecule has 0 amide bonds. The Hall–Kier alpha value is -0.620. The van der Waals surface area contributed by atoms with Gasteiger partial charge in [-0.3, -0.25) is 0 Å². The second-order valence-electron chi connectivity index (χ2n) is 3.55. The van der Waals surface area contributed by atoms with Gasteiger partial charge in [0.05, 0.1) is 26.4 Å². The standard InChI is InChI=1S/C6H14O5.C3H2F6/c7-1-5(9)3-11-4-6(10)2-8;4-1-2(5,6)3(7,8)9/h5-10H,1-4H2;1H2. The van der Waals surface area contributed by atoms with Crippen LogP contribution in [0.1, 0.15) is 0 Å². The number of alkyl halides is 6. The molecule has 0 bridgehead atoms. The van der Waals surface area contributed by atoms with Crippen LogP contribution in [0.2, 0.25) is 0 Å². The Labute approximate surface area is 110 Å². The fraction of sp³-hybridized carbons (Fsp3) is 1.00. The Kier molecular flexibility index (Phi) is 11.0. The van der Waals surface area contributed by atoms with E-state index in [9.17, 15) is 26.3 Å². The molecule has 0 aliphatic rings. The van der Waals surface area contributed by atoms with E-state index in [2.05, 4.69) is 0 Å². The van der Waals surface area contributed by atoms with Crippen LogP contribution in [-0.4, -0.2) is 77.8 Å². The normalized spacial score (nSPS) is 15.3. The van der Waals surface area contributed by atoms with Gasteiger partial charge in [0.15, 0.2) is 6.67 Å². The second-order valence-corrected chi connectivity index (χ2v) is 3.55. The molecule has 4 N–H and O–H groups in total. The Morgan fingerprint density at radius 2 is 1.20 bits per heavy atom. The minimum Gasteiger partial charge on any atom is -0.394 e. The van der Waals surface area contributed by atoms with Crippen molar-refractivity contribution in [1.29, 1.82) is 0 Å². The summed E-state index contributed by atoms with van der Waals surface area (Å²) < 4.78 is 70.4.